The van der Waals surface area contributed by atoms with Gasteiger partial charge in [0.15, 0.2) is 0 Å². The standard InChI is InChI=1S/C20H17ClN2O3S/c1-12-19(20(24)23-16-10-26-17-5-3-2-4-15(16)17)27-18(22-12)11-25-14-8-6-13(21)7-9-14/h2-9,16H,10-11H2,1H3,(H,23,24). The smallest absolute Gasteiger partial charge is 0.263 e. The number of fused-ring (bicyclic) bond motifs is 1. The van der Waals surface area contributed by atoms with Crippen LogP contribution in [0.3, 0.4) is 0 Å². The molecule has 138 valence electrons. The molecule has 4 rings (SSSR count). The van der Waals surface area contributed by atoms with E-state index in [9.17, 15) is 4.79 Å². The predicted molar refractivity (Wildman–Crippen MR) is 105 cm³/mol. The summed E-state index contributed by atoms with van der Waals surface area (Å²) in [6.45, 7) is 2.57. The Hall–Kier alpha value is -2.57. The van der Waals surface area contributed by atoms with Gasteiger partial charge in [-0.25, -0.2) is 4.98 Å². The van der Waals surface area contributed by atoms with Crippen molar-refractivity contribution in [2.75, 3.05) is 6.61 Å². The van der Waals surface area contributed by atoms with E-state index in [1.54, 1.807) is 24.3 Å². The van der Waals surface area contributed by atoms with Crippen LogP contribution in [0.4, 0.5) is 0 Å². The highest BCUT2D eigenvalue weighted by molar-refractivity contribution is 7.13. The maximum Gasteiger partial charge on any atom is 0.263 e. The van der Waals surface area contributed by atoms with Crippen molar-refractivity contribution in [1.82, 2.24) is 10.3 Å². The molecule has 7 heteroatoms. The molecule has 1 unspecified atom stereocenters. The van der Waals surface area contributed by atoms with Gasteiger partial charge in [0.25, 0.3) is 5.91 Å². The summed E-state index contributed by atoms with van der Waals surface area (Å²) in [5.74, 6) is 1.38. The van der Waals surface area contributed by atoms with Gasteiger partial charge in [-0.2, -0.15) is 0 Å². The van der Waals surface area contributed by atoms with Crippen LogP contribution in [0.1, 0.15) is 32.0 Å². The zero-order valence-corrected chi connectivity index (χ0v) is 16.1. The summed E-state index contributed by atoms with van der Waals surface area (Å²) in [5, 5.41) is 4.44. The number of para-hydroxylation sites is 1. The molecule has 1 aliphatic rings. The van der Waals surface area contributed by atoms with Crippen molar-refractivity contribution >= 4 is 28.8 Å². The molecular weight excluding hydrogens is 384 g/mol. The van der Waals surface area contributed by atoms with E-state index in [0.717, 1.165) is 16.3 Å². The van der Waals surface area contributed by atoms with E-state index in [2.05, 4.69) is 10.3 Å². The molecule has 3 aromatic rings. The van der Waals surface area contributed by atoms with Crippen LogP contribution in [0.25, 0.3) is 0 Å². The van der Waals surface area contributed by atoms with Crippen LogP contribution in [-0.4, -0.2) is 17.5 Å². The van der Waals surface area contributed by atoms with Crippen LogP contribution in [0.2, 0.25) is 5.02 Å². The lowest BCUT2D eigenvalue weighted by Crippen LogP contribution is -2.29. The lowest BCUT2D eigenvalue weighted by atomic mass is 10.1. The highest BCUT2D eigenvalue weighted by Crippen LogP contribution is 2.32. The first-order valence-electron chi connectivity index (χ1n) is 8.47. The molecule has 1 atom stereocenters. The molecule has 1 aromatic heterocycles. The van der Waals surface area contributed by atoms with Crippen molar-refractivity contribution in [2.45, 2.75) is 19.6 Å². The molecular formula is C20H17ClN2O3S. The minimum atomic E-state index is -0.149. The molecule has 0 radical (unpaired) electrons. The maximum absolute atomic E-state index is 12.7. The van der Waals surface area contributed by atoms with E-state index in [0.29, 0.717) is 34.6 Å². The number of carbonyl (C=O) groups is 1. The van der Waals surface area contributed by atoms with Crippen molar-refractivity contribution < 1.29 is 14.3 Å². The van der Waals surface area contributed by atoms with Crippen LogP contribution in [-0.2, 0) is 6.61 Å². The number of rotatable bonds is 5. The lowest BCUT2D eigenvalue weighted by molar-refractivity contribution is 0.0933. The van der Waals surface area contributed by atoms with Crippen molar-refractivity contribution in [3.63, 3.8) is 0 Å². The van der Waals surface area contributed by atoms with Crippen molar-refractivity contribution in [2.24, 2.45) is 0 Å². The summed E-state index contributed by atoms with van der Waals surface area (Å²) in [6.07, 6.45) is 0. The molecule has 0 saturated heterocycles. The fraction of sp³-hybridized carbons (Fsp3) is 0.200. The summed E-state index contributed by atoms with van der Waals surface area (Å²) in [4.78, 5) is 17.8. The summed E-state index contributed by atoms with van der Waals surface area (Å²) < 4.78 is 11.3. The fourth-order valence-electron chi connectivity index (χ4n) is 2.91. The normalized spacial score (nSPS) is 15.1. The zero-order valence-electron chi connectivity index (χ0n) is 14.6. The van der Waals surface area contributed by atoms with E-state index in [4.69, 9.17) is 21.1 Å². The number of hydrogen-bond acceptors (Lipinski definition) is 5. The zero-order chi connectivity index (χ0) is 18.8. The lowest BCUT2D eigenvalue weighted by Gasteiger charge is -2.10. The third kappa shape index (κ3) is 3.91. The minimum Gasteiger partial charge on any atom is -0.491 e. The highest BCUT2D eigenvalue weighted by atomic mass is 35.5. The number of benzene rings is 2. The Kier molecular flexibility index (Phi) is 5.01. The monoisotopic (exact) mass is 400 g/mol. The number of nitrogens with zero attached hydrogens (tertiary/aromatic N) is 1. The SMILES string of the molecule is Cc1nc(COc2ccc(Cl)cc2)sc1C(=O)NC1COc2ccccc21. The average Bonchev–Trinajstić information content (AvgIpc) is 3.25. The van der Waals surface area contributed by atoms with Gasteiger partial charge in [-0.1, -0.05) is 29.8 Å². The summed E-state index contributed by atoms with van der Waals surface area (Å²) in [5.41, 5.74) is 1.69. The van der Waals surface area contributed by atoms with Crippen molar-refractivity contribution in [1.29, 1.82) is 0 Å². The largest absolute Gasteiger partial charge is 0.491 e. The van der Waals surface area contributed by atoms with Gasteiger partial charge in [-0.05, 0) is 37.3 Å². The molecule has 1 amide bonds. The van der Waals surface area contributed by atoms with Gasteiger partial charge in [0.05, 0.1) is 11.7 Å². The van der Waals surface area contributed by atoms with Crippen LogP contribution in [0.15, 0.2) is 48.5 Å². The number of aryl methyl sites for hydroxylation is 1. The second-order valence-corrected chi connectivity index (χ2v) is 7.66. The molecule has 0 saturated carbocycles. The Morgan fingerprint density at radius 1 is 1.30 bits per heavy atom. The van der Waals surface area contributed by atoms with Crippen LogP contribution >= 0.6 is 22.9 Å². The number of amides is 1. The second kappa shape index (κ2) is 7.58. The van der Waals surface area contributed by atoms with Crippen LogP contribution in [0, 0.1) is 6.92 Å². The number of halogens is 1. The molecule has 0 spiro atoms. The summed E-state index contributed by atoms with van der Waals surface area (Å²) in [6, 6.07) is 14.7. The number of aromatic nitrogens is 1. The molecule has 2 heterocycles. The first-order chi connectivity index (χ1) is 13.1. The van der Waals surface area contributed by atoms with Gasteiger partial charge >= 0.3 is 0 Å². The number of nitrogens with one attached hydrogen (secondary N) is 1. The molecule has 2 aromatic carbocycles. The van der Waals surface area contributed by atoms with Gasteiger partial charge in [-0.15, -0.1) is 11.3 Å². The molecule has 1 N–H and O–H groups in total. The topological polar surface area (TPSA) is 60.5 Å². The van der Waals surface area contributed by atoms with Crippen molar-refractivity contribution in [3.05, 3.63) is 74.7 Å². The van der Waals surface area contributed by atoms with E-state index < -0.39 is 0 Å². The molecule has 27 heavy (non-hydrogen) atoms. The Morgan fingerprint density at radius 2 is 2.07 bits per heavy atom. The van der Waals surface area contributed by atoms with E-state index in [1.165, 1.54) is 11.3 Å². The number of carbonyl (C=O) groups excluding carboxylic acids is 1. The molecule has 0 fully saturated rings. The van der Waals surface area contributed by atoms with Gasteiger partial charge in [-0.3, -0.25) is 4.79 Å². The van der Waals surface area contributed by atoms with Gasteiger partial charge in [0, 0.05) is 10.6 Å². The number of thiazole rings is 1. The third-order valence-corrected chi connectivity index (χ3v) is 5.61. The van der Waals surface area contributed by atoms with Crippen LogP contribution in [0.5, 0.6) is 11.5 Å². The molecule has 0 bridgehead atoms. The summed E-state index contributed by atoms with van der Waals surface area (Å²) in [7, 11) is 0. The molecule has 1 aliphatic heterocycles. The number of hydrogen-bond donors (Lipinski definition) is 1. The third-order valence-electron chi connectivity index (χ3n) is 4.23. The van der Waals surface area contributed by atoms with Crippen LogP contribution < -0.4 is 14.8 Å². The Balaban J connectivity index is 1.42. The van der Waals surface area contributed by atoms with E-state index >= 15 is 0 Å². The second-order valence-electron chi connectivity index (χ2n) is 6.14. The van der Waals surface area contributed by atoms with E-state index in [1.807, 2.05) is 31.2 Å². The van der Waals surface area contributed by atoms with Gasteiger partial charge in [0.2, 0.25) is 0 Å². The average molecular weight is 401 g/mol. The van der Waals surface area contributed by atoms with Crippen molar-refractivity contribution in [3.8, 4) is 11.5 Å². The Labute approximate surface area is 165 Å². The quantitative estimate of drug-likeness (QED) is 0.682. The maximum atomic E-state index is 12.7. The first kappa shape index (κ1) is 17.8. The predicted octanol–water partition coefficient (Wildman–Crippen LogP) is 4.55. The first-order valence-corrected chi connectivity index (χ1v) is 9.67. The highest BCUT2D eigenvalue weighted by Gasteiger charge is 2.27. The van der Waals surface area contributed by atoms with Gasteiger partial charge < -0.3 is 14.8 Å². The van der Waals surface area contributed by atoms with E-state index in [-0.39, 0.29) is 11.9 Å². The molecule has 0 aliphatic carbocycles. The Bertz CT molecular complexity index is 972. The Morgan fingerprint density at radius 3 is 2.89 bits per heavy atom. The summed E-state index contributed by atoms with van der Waals surface area (Å²) >= 11 is 7.21. The van der Waals surface area contributed by atoms with Gasteiger partial charge in [0.1, 0.15) is 34.6 Å². The molecule has 5 nitrogen and oxygen atoms in total. The fourth-order valence-corrected chi connectivity index (χ4v) is 3.91. The number of ether oxygens (including phenoxy) is 2. The minimum absolute atomic E-state index is 0.145.